The maximum absolute atomic E-state index is 10.3. The second-order valence-electron chi connectivity index (χ2n) is 1.26. The average molecular weight is 115 g/mol. The number of amides is 1. The molecule has 0 fully saturated rings. The highest BCUT2D eigenvalue weighted by Gasteiger charge is 1.88. The first-order valence-corrected chi connectivity index (χ1v) is 2.31. The van der Waals surface area contributed by atoms with E-state index in [4.69, 9.17) is 5.11 Å². The van der Waals surface area contributed by atoms with Crippen LogP contribution in [0.25, 0.3) is 0 Å². The van der Waals surface area contributed by atoms with E-state index in [1.807, 2.05) is 0 Å². The van der Waals surface area contributed by atoms with E-state index in [0.717, 1.165) is 6.26 Å². The topological polar surface area (TPSA) is 49.3 Å². The molecule has 1 amide bonds. The van der Waals surface area contributed by atoms with E-state index in [1.54, 1.807) is 7.05 Å². The summed E-state index contributed by atoms with van der Waals surface area (Å²) in [5.74, 6) is -0.102. The second-order valence-corrected chi connectivity index (χ2v) is 1.26. The number of hydrogen-bond acceptors (Lipinski definition) is 2. The Labute approximate surface area is 48.0 Å². The van der Waals surface area contributed by atoms with Gasteiger partial charge in [0.15, 0.2) is 0 Å². The van der Waals surface area contributed by atoms with Crippen LogP contribution in [0, 0.1) is 0 Å². The number of aliphatic hydroxyl groups is 1. The molecule has 0 atom stereocenters. The lowest BCUT2D eigenvalue weighted by molar-refractivity contribution is -0.119. The Morgan fingerprint density at radius 1 is 1.88 bits per heavy atom. The lowest BCUT2D eigenvalue weighted by atomic mass is 10.4. The van der Waals surface area contributed by atoms with E-state index in [-0.39, 0.29) is 12.3 Å². The standard InChI is InChI=1S/C5H9NO2/c1-6-5(8)3-2-4-7/h2,4,7H,3H2,1H3,(H,6,8)/b4-2+. The van der Waals surface area contributed by atoms with E-state index in [9.17, 15) is 4.79 Å². The van der Waals surface area contributed by atoms with Crippen molar-refractivity contribution in [3.8, 4) is 0 Å². The molecule has 0 aliphatic heterocycles. The molecule has 2 N–H and O–H groups in total. The van der Waals surface area contributed by atoms with Gasteiger partial charge in [0.2, 0.25) is 5.91 Å². The number of nitrogens with one attached hydrogen (secondary N) is 1. The molecular formula is C5H9NO2. The van der Waals surface area contributed by atoms with E-state index in [2.05, 4.69) is 5.32 Å². The van der Waals surface area contributed by atoms with Gasteiger partial charge in [0.05, 0.1) is 6.26 Å². The van der Waals surface area contributed by atoms with E-state index >= 15 is 0 Å². The molecule has 0 saturated heterocycles. The highest BCUT2D eigenvalue weighted by Crippen LogP contribution is 1.78. The third-order valence-corrected chi connectivity index (χ3v) is 0.687. The zero-order valence-electron chi connectivity index (χ0n) is 4.72. The normalized spacial score (nSPS) is 9.62. The molecular weight excluding hydrogens is 106 g/mol. The Hall–Kier alpha value is -0.990. The van der Waals surface area contributed by atoms with E-state index < -0.39 is 0 Å². The van der Waals surface area contributed by atoms with Crippen LogP contribution in [-0.4, -0.2) is 18.1 Å². The van der Waals surface area contributed by atoms with Gasteiger partial charge in [-0.1, -0.05) is 0 Å². The quantitative estimate of drug-likeness (QED) is 0.505. The van der Waals surface area contributed by atoms with Gasteiger partial charge in [-0.15, -0.1) is 0 Å². The lowest BCUT2D eigenvalue weighted by Crippen LogP contribution is -2.15. The van der Waals surface area contributed by atoms with Crippen LogP contribution in [0.5, 0.6) is 0 Å². The van der Waals surface area contributed by atoms with Crippen molar-refractivity contribution in [3.63, 3.8) is 0 Å². The molecule has 0 aliphatic rings. The summed E-state index contributed by atoms with van der Waals surface area (Å²) in [5.41, 5.74) is 0. The molecule has 0 aromatic carbocycles. The van der Waals surface area contributed by atoms with Crippen molar-refractivity contribution in [2.45, 2.75) is 6.42 Å². The van der Waals surface area contributed by atoms with E-state index in [1.165, 1.54) is 6.08 Å². The summed E-state index contributed by atoms with van der Waals surface area (Å²) in [7, 11) is 1.55. The molecule has 0 heterocycles. The van der Waals surface area contributed by atoms with E-state index in [0.29, 0.717) is 0 Å². The molecule has 3 heteroatoms. The number of carbonyl (C=O) groups is 1. The number of aliphatic hydroxyl groups excluding tert-OH is 1. The van der Waals surface area contributed by atoms with Crippen LogP contribution in [0.1, 0.15) is 6.42 Å². The van der Waals surface area contributed by atoms with Gasteiger partial charge in [-0.05, 0) is 6.08 Å². The third-order valence-electron chi connectivity index (χ3n) is 0.687. The largest absolute Gasteiger partial charge is 0.516 e. The van der Waals surface area contributed by atoms with Gasteiger partial charge in [0.25, 0.3) is 0 Å². The summed E-state index contributed by atoms with van der Waals surface area (Å²) < 4.78 is 0. The van der Waals surface area contributed by atoms with Crippen molar-refractivity contribution in [3.05, 3.63) is 12.3 Å². The van der Waals surface area contributed by atoms with Gasteiger partial charge in [0.1, 0.15) is 0 Å². The zero-order valence-corrected chi connectivity index (χ0v) is 4.72. The molecule has 3 nitrogen and oxygen atoms in total. The summed E-state index contributed by atoms with van der Waals surface area (Å²) in [4.78, 5) is 10.3. The first kappa shape index (κ1) is 7.01. The van der Waals surface area contributed by atoms with Crippen molar-refractivity contribution in [2.24, 2.45) is 0 Å². The smallest absolute Gasteiger partial charge is 0.223 e. The van der Waals surface area contributed by atoms with Gasteiger partial charge in [-0.25, -0.2) is 0 Å². The zero-order chi connectivity index (χ0) is 6.41. The first-order valence-electron chi connectivity index (χ1n) is 2.31. The van der Waals surface area contributed by atoms with Crippen molar-refractivity contribution >= 4 is 5.91 Å². The Kier molecular flexibility index (Phi) is 3.66. The molecule has 8 heavy (non-hydrogen) atoms. The maximum atomic E-state index is 10.3. The van der Waals surface area contributed by atoms with Gasteiger partial charge in [0, 0.05) is 13.5 Å². The molecule has 0 rings (SSSR count). The molecule has 0 aromatic rings. The highest BCUT2D eigenvalue weighted by atomic mass is 16.2. The minimum absolute atomic E-state index is 0.102. The summed E-state index contributed by atoms with van der Waals surface area (Å²) in [6.07, 6.45) is 2.47. The molecule has 0 radical (unpaired) electrons. The molecule has 0 saturated carbocycles. The monoisotopic (exact) mass is 115 g/mol. The molecule has 0 bridgehead atoms. The van der Waals surface area contributed by atoms with Gasteiger partial charge < -0.3 is 10.4 Å². The Balaban J connectivity index is 3.25. The van der Waals surface area contributed by atoms with Crippen LogP contribution in [0.15, 0.2) is 12.3 Å². The number of hydrogen-bond donors (Lipinski definition) is 2. The minimum Gasteiger partial charge on any atom is -0.516 e. The first-order chi connectivity index (χ1) is 3.81. The van der Waals surface area contributed by atoms with Crippen molar-refractivity contribution < 1.29 is 9.90 Å². The third kappa shape index (κ3) is 3.21. The fraction of sp³-hybridized carbons (Fsp3) is 0.400. The Morgan fingerprint density at radius 3 is 2.88 bits per heavy atom. The number of carbonyl (C=O) groups excluding carboxylic acids is 1. The molecule has 0 spiro atoms. The van der Waals surface area contributed by atoms with Gasteiger partial charge >= 0.3 is 0 Å². The van der Waals surface area contributed by atoms with Crippen LogP contribution in [-0.2, 0) is 4.79 Å². The lowest BCUT2D eigenvalue weighted by Gasteiger charge is -1.89. The fourth-order valence-corrected chi connectivity index (χ4v) is 0.262. The average Bonchev–Trinajstić information content (AvgIpc) is 1.83. The van der Waals surface area contributed by atoms with Crippen molar-refractivity contribution in [2.75, 3.05) is 7.05 Å². The summed E-state index contributed by atoms with van der Waals surface area (Å²) in [6.45, 7) is 0. The Morgan fingerprint density at radius 2 is 2.50 bits per heavy atom. The SMILES string of the molecule is CNC(=O)C/C=C/O. The fourth-order valence-electron chi connectivity index (χ4n) is 0.262. The molecule has 0 unspecified atom stereocenters. The Bertz CT molecular complexity index is 98.6. The number of rotatable bonds is 2. The molecule has 0 aromatic heterocycles. The second kappa shape index (κ2) is 4.18. The van der Waals surface area contributed by atoms with Gasteiger partial charge in [-0.2, -0.15) is 0 Å². The van der Waals surface area contributed by atoms with Crippen LogP contribution < -0.4 is 5.32 Å². The highest BCUT2D eigenvalue weighted by molar-refractivity contribution is 5.76. The van der Waals surface area contributed by atoms with Crippen molar-refractivity contribution in [1.82, 2.24) is 5.32 Å². The van der Waals surface area contributed by atoms with Gasteiger partial charge in [-0.3, -0.25) is 4.79 Å². The van der Waals surface area contributed by atoms with Crippen molar-refractivity contribution in [1.29, 1.82) is 0 Å². The van der Waals surface area contributed by atoms with Crippen LogP contribution in [0.3, 0.4) is 0 Å². The summed E-state index contributed by atoms with van der Waals surface area (Å²) in [6, 6.07) is 0. The van der Waals surface area contributed by atoms with Crippen LogP contribution in [0.2, 0.25) is 0 Å². The summed E-state index contributed by atoms with van der Waals surface area (Å²) >= 11 is 0. The maximum Gasteiger partial charge on any atom is 0.223 e. The predicted molar refractivity (Wildman–Crippen MR) is 30.5 cm³/mol. The van der Waals surface area contributed by atoms with Crippen LogP contribution in [0.4, 0.5) is 0 Å². The minimum atomic E-state index is -0.102. The predicted octanol–water partition coefficient (Wildman–Crippen LogP) is 0.194. The molecule has 46 valence electrons. The van der Waals surface area contributed by atoms with Crippen LogP contribution >= 0.6 is 0 Å². The summed E-state index contributed by atoms with van der Waals surface area (Å²) in [5, 5.41) is 10.4. The molecule has 0 aliphatic carbocycles.